The molecule has 0 N–H and O–H groups in total. The van der Waals surface area contributed by atoms with Crippen molar-refractivity contribution in [2.24, 2.45) is 11.3 Å². The van der Waals surface area contributed by atoms with Gasteiger partial charge in [-0.2, -0.15) is 0 Å². The lowest BCUT2D eigenvalue weighted by Gasteiger charge is -2.34. The van der Waals surface area contributed by atoms with Gasteiger partial charge >= 0.3 is 11.9 Å². The van der Waals surface area contributed by atoms with Crippen LogP contribution >= 0.6 is 0 Å². The Balaban J connectivity index is 2.85. The molecule has 0 bridgehead atoms. The monoisotopic (exact) mass is 270 g/mol. The zero-order chi connectivity index (χ0) is 14.8. The molecule has 1 saturated carbocycles. The van der Waals surface area contributed by atoms with E-state index in [2.05, 4.69) is 0 Å². The standard InChI is InChI=1S/C14H22O5/c1-13(2,3)19-11(16)9-8-14(4,12(17)18-5)7-6-10(9)15/h9H,6-8H2,1-5H3/t9-,14+/m1/s1. The number of hydrogen-bond acceptors (Lipinski definition) is 5. The predicted octanol–water partition coefficient (Wildman–Crippen LogP) is 1.88. The SMILES string of the molecule is COC(=O)[C@@]1(C)CCC(=O)[C@H](C(=O)OC(C)(C)C)C1. The Kier molecular flexibility index (Phi) is 4.38. The van der Waals surface area contributed by atoms with Crippen molar-refractivity contribution in [2.45, 2.75) is 52.6 Å². The highest BCUT2D eigenvalue weighted by molar-refractivity contribution is 6.01. The van der Waals surface area contributed by atoms with Crippen LogP contribution in [0.25, 0.3) is 0 Å². The molecular weight excluding hydrogens is 248 g/mol. The van der Waals surface area contributed by atoms with E-state index in [1.165, 1.54) is 7.11 Å². The quantitative estimate of drug-likeness (QED) is 0.566. The summed E-state index contributed by atoms with van der Waals surface area (Å²) in [7, 11) is 1.31. The van der Waals surface area contributed by atoms with E-state index in [0.717, 1.165) is 0 Å². The van der Waals surface area contributed by atoms with Crippen LogP contribution in [0.3, 0.4) is 0 Å². The molecule has 2 atom stereocenters. The highest BCUT2D eigenvalue weighted by Crippen LogP contribution is 2.39. The number of esters is 2. The van der Waals surface area contributed by atoms with Crippen LogP contribution in [0, 0.1) is 11.3 Å². The molecule has 1 aliphatic rings. The predicted molar refractivity (Wildman–Crippen MR) is 68.3 cm³/mol. The molecule has 0 aromatic rings. The topological polar surface area (TPSA) is 69.7 Å². The second-order valence-electron chi connectivity index (χ2n) is 6.31. The maximum absolute atomic E-state index is 12.0. The van der Waals surface area contributed by atoms with Gasteiger partial charge in [0, 0.05) is 6.42 Å². The largest absolute Gasteiger partial charge is 0.469 e. The van der Waals surface area contributed by atoms with Gasteiger partial charge in [-0.05, 0) is 40.5 Å². The summed E-state index contributed by atoms with van der Waals surface area (Å²) >= 11 is 0. The Labute approximate surface area is 113 Å². The Bertz CT molecular complexity index is 393. The van der Waals surface area contributed by atoms with E-state index in [1.807, 2.05) is 0 Å². The summed E-state index contributed by atoms with van der Waals surface area (Å²) in [4.78, 5) is 35.7. The second kappa shape index (κ2) is 5.31. The highest BCUT2D eigenvalue weighted by atomic mass is 16.6. The molecule has 19 heavy (non-hydrogen) atoms. The van der Waals surface area contributed by atoms with Gasteiger partial charge in [0.1, 0.15) is 17.3 Å². The number of ketones is 1. The smallest absolute Gasteiger partial charge is 0.317 e. The molecule has 1 aliphatic carbocycles. The fourth-order valence-corrected chi connectivity index (χ4v) is 2.26. The molecule has 0 unspecified atom stereocenters. The molecule has 0 radical (unpaired) electrons. The Hall–Kier alpha value is -1.39. The van der Waals surface area contributed by atoms with Gasteiger partial charge in [0.15, 0.2) is 0 Å². The minimum Gasteiger partial charge on any atom is -0.469 e. The van der Waals surface area contributed by atoms with Gasteiger partial charge in [-0.1, -0.05) is 0 Å². The van der Waals surface area contributed by atoms with Crippen LogP contribution in [0.4, 0.5) is 0 Å². The minimum atomic E-state index is -0.864. The molecule has 1 fully saturated rings. The lowest BCUT2D eigenvalue weighted by Crippen LogP contribution is -2.43. The van der Waals surface area contributed by atoms with Crippen molar-refractivity contribution in [1.82, 2.24) is 0 Å². The molecule has 0 heterocycles. The summed E-state index contributed by atoms with van der Waals surface area (Å²) in [6, 6.07) is 0. The number of ether oxygens (including phenoxy) is 2. The van der Waals surface area contributed by atoms with Crippen molar-refractivity contribution in [2.75, 3.05) is 7.11 Å². The number of Topliss-reactive ketones (excluding diaryl/α,β-unsaturated/α-hetero) is 1. The van der Waals surface area contributed by atoms with Gasteiger partial charge in [-0.3, -0.25) is 14.4 Å². The van der Waals surface area contributed by atoms with E-state index < -0.39 is 22.9 Å². The molecule has 0 aliphatic heterocycles. The molecular formula is C14H22O5. The average Bonchev–Trinajstić information content (AvgIpc) is 2.29. The van der Waals surface area contributed by atoms with Crippen LogP contribution in [-0.2, 0) is 23.9 Å². The normalized spacial score (nSPS) is 27.8. The number of carbonyl (C=O) groups excluding carboxylic acids is 3. The summed E-state index contributed by atoms with van der Waals surface area (Å²) in [6.07, 6.45) is 0.779. The molecule has 0 aromatic heterocycles. The van der Waals surface area contributed by atoms with Gasteiger partial charge in [-0.25, -0.2) is 0 Å². The van der Waals surface area contributed by atoms with Crippen LogP contribution in [0.2, 0.25) is 0 Å². The summed E-state index contributed by atoms with van der Waals surface area (Å²) in [5.41, 5.74) is -1.43. The zero-order valence-corrected chi connectivity index (χ0v) is 12.2. The molecule has 5 nitrogen and oxygen atoms in total. The van der Waals surface area contributed by atoms with Crippen molar-refractivity contribution in [1.29, 1.82) is 0 Å². The lowest BCUT2D eigenvalue weighted by molar-refractivity contribution is -0.168. The van der Waals surface area contributed by atoms with Crippen molar-refractivity contribution in [3.63, 3.8) is 0 Å². The summed E-state index contributed by atoms with van der Waals surface area (Å²) in [5, 5.41) is 0. The summed E-state index contributed by atoms with van der Waals surface area (Å²) in [6.45, 7) is 6.97. The third-order valence-corrected chi connectivity index (χ3v) is 3.34. The Morgan fingerprint density at radius 3 is 2.37 bits per heavy atom. The van der Waals surface area contributed by atoms with Gasteiger partial charge in [0.05, 0.1) is 12.5 Å². The first-order chi connectivity index (χ1) is 8.59. The van der Waals surface area contributed by atoms with Crippen molar-refractivity contribution >= 4 is 17.7 Å². The molecule has 0 saturated heterocycles. The molecule has 5 heteroatoms. The Morgan fingerprint density at radius 2 is 1.89 bits per heavy atom. The first-order valence-corrected chi connectivity index (χ1v) is 6.43. The first-order valence-electron chi connectivity index (χ1n) is 6.43. The lowest BCUT2D eigenvalue weighted by atomic mass is 9.70. The number of rotatable bonds is 2. The minimum absolute atomic E-state index is 0.157. The van der Waals surface area contributed by atoms with Crippen LogP contribution in [0.1, 0.15) is 47.0 Å². The maximum Gasteiger partial charge on any atom is 0.317 e. The van der Waals surface area contributed by atoms with Crippen LogP contribution in [0.5, 0.6) is 0 Å². The third-order valence-electron chi connectivity index (χ3n) is 3.34. The van der Waals surface area contributed by atoms with E-state index in [1.54, 1.807) is 27.7 Å². The molecule has 1 rings (SSSR count). The van der Waals surface area contributed by atoms with Crippen LogP contribution in [-0.4, -0.2) is 30.4 Å². The number of carbonyl (C=O) groups is 3. The molecule has 0 aromatic carbocycles. The highest BCUT2D eigenvalue weighted by Gasteiger charge is 2.46. The molecule has 108 valence electrons. The summed E-state index contributed by atoms with van der Waals surface area (Å²) < 4.78 is 10.00. The van der Waals surface area contributed by atoms with Crippen molar-refractivity contribution in [3.05, 3.63) is 0 Å². The van der Waals surface area contributed by atoms with E-state index >= 15 is 0 Å². The van der Waals surface area contributed by atoms with Crippen molar-refractivity contribution in [3.8, 4) is 0 Å². The van der Waals surface area contributed by atoms with Gasteiger partial charge in [0.25, 0.3) is 0 Å². The van der Waals surface area contributed by atoms with Crippen molar-refractivity contribution < 1.29 is 23.9 Å². The van der Waals surface area contributed by atoms with E-state index in [0.29, 0.717) is 6.42 Å². The van der Waals surface area contributed by atoms with Gasteiger partial charge in [-0.15, -0.1) is 0 Å². The number of hydrogen-bond donors (Lipinski definition) is 0. The van der Waals surface area contributed by atoms with Gasteiger partial charge in [0.2, 0.25) is 0 Å². The molecule has 0 spiro atoms. The number of methoxy groups -OCH3 is 1. The zero-order valence-electron chi connectivity index (χ0n) is 12.2. The van der Waals surface area contributed by atoms with Crippen LogP contribution in [0.15, 0.2) is 0 Å². The summed E-state index contributed by atoms with van der Waals surface area (Å²) in [5.74, 6) is -1.95. The fraction of sp³-hybridized carbons (Fsp3) is 0.786. The van der Waals surface area contributed by atoms with E-state index in [9.17, 15) is 14.4 Å². The first kappa shape index (κ1) is 15.7. The Morgan fingerprint density at radius 1 is 1.32 bits per heavy atom. The van der Waals surface area contributed by atoms with E-state index in [-0.39, 0.29) is 24.6 Å². The van der Waals surface area contributed by atoms with E-state index in [4.69, 9.17) is 9.47 Å². The van der Waals surface area contributed by atoms with Gasteiger partial charge < -0.3 is 9.47 Å². The second-order valence-corrected chi connectivity index (χ2v) is 6.31. The maximum atomic E-state index is 12.0. The average molecular weight is 270 g/mol. The fourth-order valence-electron chi connectivity index (χ4n) is 2.26. The molecule has 0 amide bonds. The van der Waals surface area contributed by atoms with Crippen LogP contribution < -0.4 is 0 Å². The third kappa shape index (κ3) is 3.78.